The van der Waals surface area contributed by atoms with Gasteiger partial charge in [0.15, 0.2) is 11.3 Å². The maximum Gasteiger partial charge on any atom is 0.277 e. The van der Waals surface area contributed by atoms with Crippen LogP contribution in [-0.2, 0) is 5.75 Å². The van der Waals surface area contributed by atoms with Gasteiger partial charge in [-0.15, -0.1) is 0 Å². The van der Waals surface area contributed by atoms with Gasteiger partial charge in [-0.1, -0.05) is 13.0 Å². The molecular formula is C15H15N5OS. The Kier molecular flexibility index (Phi) is 4.34. The Morgan fingerprint density at radius 3 is 3.00 bits per heavy atom. The fourth-order valence-corrected chi connectivity index (χ4v) is 2.65. The van der Waals surface area contributed by atoms with Crippen LogP contribution >= 0.6 is 11.8 Å². The van der Waals surface area contributed by atoms with E-state index in [2.05, 4.69) is 27.3 Å². The monoisotopic (exact) mass is 313 g/mol. The van der Waals surface area contributed by atoms with Crippen LogP contribution in [0, 0.1) is 0 Å². The van der Waals surface area contributed by atoms with Gasteiger partial charge in [0, 0.05) is 36.0 Å². The molecule has 0 fully saturated rings. The number of nitrogens with one attached hydrogen (secondary N) is 1. The number of rotatable bonds is 5. The van der Waals surface area contributed by atoms with Crippen LogP contribution in [0.1, 0.15) is 23.0 Å². The van der Waals surface area contributed by atoms with Gasteiger partial charge in [0.2, 0.25) is 0 Å². The van der Waals surface area contributed by atoms with Crippen molar-refractivity contribution in [3.8, 4) is 0 Å². The minimum atomic E-state index is -0.285. The highest BCUT2D eigenvalue weighted by Crippen LogP contribution is 2.19. The number of fused-ring (bicyclic) bond motifs is 1. The summed E-state index contributed by atoms with van der Waals surface area (Å²) in [5.41, 5.74) is 1.96. The number of carbonyl (C=O) groups is 1. The van der Waals surface area contributed by atoms with Gasteiger partial charge in [0.25, 0.3) is 5.91 Å². The first-order valence-corrected chi connectivity index (χ1v) is 8.07. The molecule has 0 spiro atoms. The molecule has 0 bridgehead atoms. The lowest BCUT2D eigenvalue weighted by Crippen LogP contribution is -2.15. The predicted molar refractivity (Wildman–Crippen MR) is 87.0 cm³/mol. The second kappa shape index (κ2) is 6.57. The zero-order chi connectivity index (χ0) is 15.4. The summed E-state index contributed by atoms with van der Waals surface area (Å²) in [5, 5.41) is 7.04. The van der Waals surface area contributed by atoms with Crippen LogP contribution in [0.3, 0.4) is 0 Å². The number of aromatic nitrogens is 4. The quantitative estimate of drug-likeness (QED) is 0.784. The van der Waals surface area contributed by atoms with Crippen molar-refractivity contribution in [3.63, 3.8) is 0 Å². The van der Waals surface area contributed by atoms with E-state index in [-0.39, 0.29) is 5.91 Å². The molecule has 6 nitrogen and oxygen atoms in total. The van der Waals surface area contributed by atoms with Crippen molar-refractivity contribution >= 4 is 29.1 Å². The minimum absolute atomic E-state index is 0.285. The fourth-order valence-electron chi connectivity index (χ4n) is 1.99. The van der Waals surface area contributed by atoms with Crippen LogP contribution in [0.5, 0.6) is 0 Å². The molecule has 0 saturated heterocycles. The largest absolute Gasteiger partial charge is 0.305 e. The molecule has 3 rings (SSSR count). The highest BCUT2D eigenvalue weighted by molar-refractivity contribution is 7.98. The SMILES string of the molecule is CCSCc1cccnc1NC(=O)c1cc2ncccn2n1. The standard InChI is InChI=1S/C15H15N5OS/c1-2-22-10-11-5-3-6-17-14(11)18-15(21)12-9-13-16-7-4-8-20(13)19-12/h3-9H,2,10H2,1H3,(H,17,18,21). The fraction of sp³-hybridized carbons (Fsp3) is 0.200. The highest BCUT2D eigenvalue weighted by Gasteiger charge is 2.14. The third-order valence-corrected chi connectivity index (χ3v) is 3.98. The normalized spacial score (nSPS) is 10.8. The van der Waals surface area contributed by atoms with E-state index in [1.54, 1.807) is 47.0 Å². The summed E-state index contributed by atoms with van der Waals surface area (Å²) < 4.78 is 1.57. The van der Waals surface area contributed by atoms with Crippen LogP contribution in [0.15, 0.2) is 42.9 Å². The number of pyridine rings is 1. The lowest BCUT2D eigenvalue weighted by Gasteiger charge is -2.08. The summed E-state index contributed by atoms with van der Waals surface area (Å²) >= 11 is 1.78. The Morgan fingerprint density at radius 1 is 1.32 bits per heavy atom. The molecule has 0 radical (unpaired) electrons. The third-order valence-electron chi connectivity index (χ3n) is 3.05. The van der Waals surface area contributed by atoms with Gasteiger partial charge >= 0.3 is 0 Å². The zero-order valence-electron chi connectivity index (χ0n) is 12.1. The Morgan fingerprint density at radius 2 is 2.18 bits per heavy atom. The highest BCUT2D eigenvalue weighted by atomic mass is 32.2. The number of anilines is 1. The number of thioether (sulfide) groups is 1. The van der Waals surface area contributed by atoms with Gasteiger partial charge < -0.3 is 5.32 Å². The third kappa shape index (κ3) is 3.09. The van der Waals surface area contributed by atoms with Crippen molar-refractivity contribution in [3.05, 3.63) is 54.1 Å². The lowest BCUT2D eigenvalue weighted by atomic mass is 10.3. The first-order chi connectivity index (χ1) is 10.8. The maximum atomic E-state index is 12.3. The second-order valence-corrected chi connectivity index (χ2v) is 5.83. The molecule has 0 aromatic carbocycles. The van der Waals surface area contributed by atoms with Crippen LogP contribution in [-0.4, -0.2) is 31.2 Å². The molecule has 0 saturated carbocycles. The summed E-state index contributed by atoms with van der Waals surface area (Å²) in [6, 6.07) is 7.26. The molecule has 0 atom stereocenters. The predicted octanol–water partition coefficient (Wildman–Crippen LogP) is 2.63. The number of amides is 1. The van der Waals surface area contributed by atoms with E-state index in [0.29, 0.717) is 17.2 Å². The molecule has 0 aliphatic heterocycles. The van der Waals surface area contributed by atoms with E-state index in [9.17, 15) is 4.79 Å². The van der Waals surface area contributed by atoms with Crippen molar-refractivity contribution in [2.75, 3.05) is 11.1 Å². The zero-order valence-corrected chi connectivity index (χ0v) is 12.9. The molecule has 1 N–H and O–H groups in total. The number of hydrogen-bond donors (Lipinski definition) is 1. The molecule has 22 heavy (non-hydrogen) atoms. The number of carbonyl (C=O) groups excluding carboxylic acids is 1. The average Bonchev–Trinajstić information content (AvgIpc) is 2.98. The van der Waals surface area contributed by atoms with Crippen LogP contribution in [0.25, 0.3) is 5.65 Å². The van der Waals surface area contributed by atoms with Crippen molar-refractivity contribution in [2.24, 2.45) is 0 Å². The summed E-state index contributed by atoms with van der Waals surface area (Å²) in [7, 11) is 0. The summed E-state index contributed by atoms with van der Waals surface area (Å²) in [6.07, 6.45) is 5.08. The second-order valence-electron chi connectivity index (χ2n) is 4.55. The van der Waals surface area contributed by atoms with E-state index < -0.39 is 0 Å². The summed E-state index contributed by atoms with van der Waals surface area (Å²) in [4.78, 5) is 20.8. The molecule has 1 amide bonds. The lowest BCUT2D eigenvalue weighted by molar-refractivity contribution is 0.102. The van der Waals surface area contributed by atoms with Crippen LogP contribution in [0.2, 0.25) is 0 Å². The van der Waals surface area contributed by atoms with Gasteiger partial charge in [-0.25, -0.2) is 14.5 Å². The van der Waals surface area contributed by atoms with Crippen molar-refractivity contribution in [1.29, 1.82) is 0 Å². The molecule has 3 aromatic heterocycles. The van der Waals surface area contributed by atoms with Crippen LogP contribution in [0.4, 0.5) is 5.82 Å². The van der Waals surface area contributed by atoms with Crippen LogP contribution < -0.4 is 5.32 Å². The van der Waals surface area contributed by atoms with Gasteiger partial charge in [-0.05, 0) is 17.9 Å². The first-order valence-electron chi connectivity index (χ1n) is 6.91. The molecular weight excluding hydrogens is 298 g/mol. The van der Waals surface area contributed by atoms with Gasteiger partial charge in [-0.3, -0.25) is 4.79 Å². The van der Waals surface area contributed by atoms with E-state index in [1.807, 2.05) is 12.1 Å². The smallest absolute Gasteiger partial charge is 0.277 e. The Labute approximate surface area is 132 Å². The molecule has 0 unspecified atom stereocenters. The Bertz CT molecular complexity index is 768. The topological polar surface area (TPSA) is 72.2 Å². The Balaban J connectivity index is 1.82. The van der Waals surface area contributed by atoms with Crippen molar-refractivity contribution < 1.29 is 4.79 Å². The minimum Gasteiger partial charge on any atom is -0.305 e. The average molecular weight is 313 g/mol. The molecule has 3 heterocycles. The van der Waals surface area contributed by atoms with Crippen molar-refractivity contribution in [1.82, 2.24) is 19.6 Å². The molecule has 0 aliphatic carbocycles. The summed E-state index contributed by atoms with van der Waals surface area (Å²) in [6.45, 7) is 2.10. The number of nitrogens with zero attached hydrogens (tertiary/aromatic N) is 4. The van der Waals surface area contributed by atoms with Gasteiger partial charge in [-0.2, -0.15) is 16.9 Å². The molecule has 7 heteroatoms. The first kappa shape index (κ1) is 14.5. The van der Waals surface area contributed by atoms with Gasteiger partial charge in [0.05, 0.1) is 0 Å². The Hall–Kier alpha value is -2.41. The molecule has 112 valence electrons. The van der Waals surface area contributed by atoms with Crippen molar-refractivity contribution in [2.45, 2.75) is 12.7 Å². The molecule has 3 aromatic rings. The summed E-state index contributed by atoms with van der Waals surface area (Å²) in [5.74, 6) is 2.12. The van der Waals surface area contributed by atoms with E-state index >= 15 is 0 Å². The van der Waals surface area contributed by atoms with E-state index in [0.717, 1.165) is 17.1 Å². The maximum absolute atomic E-state index is 12.3. The van der Waals surface area contributed by atoms with Gasteiger partial charge in [0.1, 0.15) is 5.82 Å². The number of hydrogen-bond acceptors (Lipinski definition) is 5. The van der Waals surface area contributed by atoms with E-state index in [4.69, 9.17) is 0 Å². The van der Waals surface area contributed by atoms with E-state index in [1.165, 1.54) is 0 Å². The molecule has 0 aliphatic rings.